The number of benzene rings is 2. The van der Waals surface area contributed by atoms with Gasteiger partial charge in [0.15, 0.2) is 0 Å². The van der Waals surface area contributed by atoms with E-state index in [1.54, 1.807) is 6.07 Å². The van der Waals surface area contributed by atoms with Crippen molar-refractivity contribution in [2.24, 2.45) is 11.1 Å². The number of aryl methyl sites for hydroxylation is 2. The lowest BCUT2D eigenvalue weighted by molar-refractivity contribution is 0.145. The summed E-state index contributed by atoms with van der Waals surface area (Å²) in [5.74, 6) is 0.618. The van der Waals surface area contributed by atoms with E-state index in [2.05, 4.69) is 22.1 Å². The van der Waals surface area contributed by atoms with E-state index in [4.69, 9.17) is 16.7 Å². The van der Waals surface area contributed by atoms with Crippen LogP contribution in [0.5, 0.6) is 0 Å². The molecule has 186 valence electrons. The molecule has 0 spiro atoms. The largest absolute Gasteiger partial charge is 0.303 e. The number of likely N-dealkylation sites (tertiary alicyclic amines) is 1. The van der Waals surface area contributed by atoms with Gasteiger partial charge in [0.05, 0.1) is 6.20 Å². The van der Waals surface area contributed by atoms with Gasteiger partial charge in [0.25, 0.3) is 0 Å². The average molecular weight is 517 g/mol. The molecule has 1 aromatic heterocycles. The van der Waals surface area contributed by atoms with Crippen LogP contribution in [0.15, 0.2) is 53.7 Å². The number of sulfonamides is 1. The zero-order valence-corrected chi connectivity index (χ0v) is 21.1. The molecule has 2 unspecified atom stereocenters. The fraction of sp³-hybridized carbons (Fsp3) is 0.423. The van der Waals surface area contributed by atoms with Gasteiger partial charge in [-0.2, -0.15) is 5.10 Å². The normalized spacial score (nSPS) is 20.1. The van der Waals surface area contributed by atoms with Crippen LogP contribution in [-0.4, -0.2) is 42.7 Å². The number of rotatable bonds is 9. The zero-order chi connectivity index (χ0) is 24.6. The molecule has 1 fully saturated rings. The summed E-state index contributed by atoms with van der Waals surface area (Å²) in [5.41, 5.74) is 4.28. The fourth-order valence-electron chi connectivity index (χ4n) is 5.40. The van der Waals surface area contributed by atoms with Gasteiger partial charge >= 0.3 is 0 Å². The first-order valence-corrected chi connectivity index (χ1v) is 14.0. The topological polar surface area (TPSA) is 81.2 Å². The average Bonchev–Trinajstić information content (AvgIpc) is 3.36. The number of primary sulfonamides is 1. The molecule has 6 nitrogen and oxygen atoms in total. The Hall–Kier alpha value is -2.26. The minimum absolute atomic E-state index is 0.0155. The summed E-state index contributed by atoms with van der Waals surface area (Å²) < 4.78 is 39.5. The Morgan fingerprint density at radius 2 is 2.03 bits per heavy atom. The van der Waals surface area contributed by atoms with Gasteiger partial charge in [-0.1, -0.05) is 29.8 Å². The maximum Gasteiger partial charge on any atom is 0.241 e. The van der Waals surface area contributed by atoms with E-state index in [0.717, 1.165) is 43.1 Å². The lowest BCUT2D eigenvalue weighted by Crippen LogP contribution is -2.41. The lowest BCUT2D eigenvalue weighted by Gasteiger charge is -2.35. The Kier molecular flexibility index (Phi) is 6.99. The molecule has 2 aliphatic rings. The molecule has 35 heavy (non-hydrogen) atoms. The molecule has 1 saturated heterocycles. The first-order chi connectivity index (χ1) is 16.8. The number of hydrogen-bond donors (Lipinski definition) is 1. The third-order valence-corrected chi connectivity index (χ3v) is 8.42. The Bertz CT molecular complexity index is 1320. The molecular weight excluding hydrogens is 487 g/mol. The van der Waals surface area contributed by atoms with Crippen molar-refractivity contribution in [2.45, 2.75) is 49.5 Å². The van der Waals surface area contributed by atoms with E-state index in [-0.39, 0.29) is 10.7 Å². The van der Waals surface area contributed by atoms with E-state index in [1.165, 1.54) is 34.6 Å². The molecule has 2 atom stereocenters. The third-order valence-electron chi connectivity index (χ3n) is 7.32. The van der Waals surface area contributed by atoms with E-state index < -0.39 is 10.0 Å². The first-order valence-electron chi connectivity index (χ1n) is 12.1. The monoisotopic (exact) mass is 516 g/mol. The van der Waals surface area contributed by atoms with E-state index in [1.807, 2.05) is 18.2 Å². The second kappa shape index (κ2) is 10.0. The molecule has 2 aromatic carbocycles. The van der Waals surface area contributed by atoms with Gasteiger partial charge in [-0.25, -0.2) is 17.9 Å². The van der Waals surface area contributed by atoms with Crippen LogP contribution in [0, 0.1) is 11.7 Å². The van der Waals surface area contributed by atoms with Gasteiger partial charge in [0, 0.05) is 24.3 Å². The molecule has 0 radical (unpaired) electrons. The molecule has 0 bridgehead atoms. The quantitative estimate of drug-likeness (QED) is 0.463. The highest BCUT2D eigenvalue weighted by Gasteiger charge is 2.35. The third kappa shape index (κ3) is 5.61. The molecule has 3 aromatic rings. The van der Waals surface area contributed by atoms with E-state index in [9.17, 15) is 8.42 Å². The number of fused-ring (bicyclic) bond motifs is 1. The van der Waals surface area contributed by atoms with Gasteiger partial charge in [0.1, 0.15) is 10.7 Å². The molecule has 2 N–H and O–H groups in total. The Morgan fingerprint density at radius 1 is 1.20 bits per heavy atom. The summed E-state index contributed by atoms with van der Waals surface area (Å²) in [4.78, 5) is 2.48. The predicted molar refractivity (Wildman–Crippen MR) is 134 cm³/mol. The number of halogens is 2. The maximum absolute atomic E-state index is 15.1. The summed E-state index contributed by atoms with van der Waals surface area (Å²) in [6, 6.07) is 11.8. The molecule has 0 amide bonds. The standard InChI is InChI=1S/C26H30ClFN4O2S/c27-22-6-1-4-18(10-22)11-24-21(16-31-7-3-8-31)12-20-14-26(28)19(13-25(20)24)5-2-9-32-17-23(15-30-32)35(29,33)34/h1,4,6,10,13-15,17,21,24H,2-3,5,7-9,11-12,16H2,(H2,29,33,34). The Labute approximate surface area is 210 Å². The Balaban J connectivity index is 1.33. The SMILES string of the molecule is NS(=O)(=O)c1cnn(CCCc2cc3c(cc2F)CC(CN2CCC2)C3Cc2cccc(Cl)c2)c1. The van der Waals surface area contributed by atoms with Crippen molar-refractivity contribution in [1.29, 1.82) is 0 Å². The molecule has 1 aliphatic heterocycles. The second-order valence-electron chi connectivity index (χ2n) is 9.79. The molecular formula is C26H30ClFN4O2S. The van der Waals surface area contributed by atoms with Crippen molar-refractivity contribution in [1.82, 2.24) is 14.7 Å². The summed E-state index contributed by atoms with van der Waals surface area (Å²) in [5, 5.41) is 9.95. The van der Waals surface area contributed by atoms with Crippen molar-refractivity contribution in [2.75, 3.05) is 19.6 Å². The smallest absolute Gasteiger partial charge is 0.241 e. The van der Waals surface area contributed by atoms with Gasteiger partial charge in [0.2, 0.25) is 10.0 Å². The van der Waals surface area contributed by atoms with Gasteiger partial charge in [-0.3, -0.25) is 4.68 Å². The fourth-order valence-corrected chi connectivity index (χ4v) is 6.07. The lowest BCUT2D eigenvalue weighted by atomic mass is 9.85. The van der Waals surface area contributed by atoms with Gasteiger partial charge in [-0.15, -0.1) is 0 Å². The minimum Gasteiger partial charge on any atom is -0.303 e. The van der Waals surface area contributed by atoms with Crippen LogP contribution in [-0.2, 0) is 35.8 Å². The molecule has 0 saturated carbocycles. The van der Waals surface area contributed by atoms with Gasteiger partial charge in [-0.05, 0) is 97.5 Å². The van der Waals surface area contributed by atoms with E-state index >= 15 is 4.39 Å². The number of aromatic nitrogens is 2. The van der Waals surface area contributed by atoms with Crippen LogP contribution in [0.3, 0.4) is 0 Å². The minimum atomic E-state index is -3.77. The number of hydrogen-bond acceptors (Lipinski definition) is 4. The van der Waals surface area contributed by atoms with Crippen molar-refractivity contribution in [3.05, 3.63) is 81.9 Å². The van der Waals surface area contributed by atoms with Crippen molar-refractivity contribution in [3.63, 3.8) is 0 Å². The highest BCUT2D eigenvalue weighted by Crippen LogP contribution is 2.42. The number of nitrogens with zero attached hydrogens (tertiary/aromatic N) is 3. The summed E-state index contributed by atoms with van der Waals surface area (Å²) in [6.45, 7) is 3.83. The van der Waals surface area contributed by atoms with Crippen LogP contribution in [0.1, 0.15) is 41.0 Å². The molecule has 2 heterocycles. The molecule has 9 heteroatoms. The highest BCUT2D eigenvalue weighted by atomic mass is 35.5. The van der Waals surface area contributed by atoms with Crippen molar-refractivity contribution < 1.29 is 12.8 Å². The van der Waals surface area contributed by atoms with Crippen LogP contribution in [0.4, 0.5) is 4.39 Å². The summed E-state index contributed by atoms with van der Waals surface area (Å²) in [7, 11) is -3.77. The van der Waals surface area contributed by atoms with Crippen molar-refractivity contribution in [3.8, 4) is 0 Å². The zero-order valence-electron chi connectivity index (χ0n) is 19.5. The van der Waals surface area contributed by atoms with Crippen molar-refractivity contribution >= 4 is 21.6 Å². The maximum atomic E-state index is 15.1. The van der Waals surface area contributed by atoms with Crippen LogP contribution >= 0.6 is 11.6 Å². The van der Waals surface area contributed by atoms with Gasteiger partial charge < -0.3 is 4.90 Å². The summed E-state index contributed by atoms with van der Waals surface area (Å²) >= 11 is 6.26. The van der Waals surface area contributed by atoms with Crippen LogP contribution in [0.2, 0.25) is 5.02 Å². The first kappa shape index (κ1) is 24.4. The second-order valence-corrected chi connectivity index (χ2v) is 11.8. The van der Waals surface area contributed by atoms with Crippen LogP contribution < -0.4 is 5.14 Å². The summed E-state index contributed by atoms with van der Waals surface area (Å²) in [6.07, 6.45) is 6.88. The highest BCUT2D eigenvalue weighted by molar-refractivity contribution is 7.89. The Morgan fingerprint density at radius 3 is 2.71 bits per heavy atom. The van der Waals surface area contributed by atoms with E-state index in [0.29, 0.717) is 36.8 Å². The molecule has 5 rings (SSSR count). The molecule has 1 aliphatic carbocycles. The van der Waals surface area contributed by atoms with Crippen LogP contribution in [0.25, 0.3) is 0 Å². The predicted octanol–water partition coefficient (Wildman–Crippen LogP) is 4.16. The number of nitrogens with two attached hydrogens (primary N) is 1.